The van der Waals surface area contributed by atoms with E-state index in [4.69, 9.17) is 0 Å². The molecule has 5 heteroatoms. The van der Waals surface area contributed by atoms with Crippen molar-refractivity contribution in [3.63, 3.8) is 0 Å². The van der Waals surface area contributed by atoms with Gasteiger partial charge in [-0.3, -0.25) is 9.69 Å². The second kappa shape index (κ2) is 8.31. The maximum atomic E-state index is 12.9. The van der Waals surface area contributed by atoms with Crippen molar-refractivity contribution in [2.45, 2.75) is 18.0 Å². The molecule has 0 bridgehead atoms. The van der Waals surface area contributed by atoms with E-state index < -0.39 is 0 Å². The molecule has 4 nitrogen and oxygen atoms in total. The number of amides is 1. The van der Waals surface area contributed by atoms with E-state index in [1.54, 1.807) is 6.20 Å². The second-order valence-corrected chi connectivity index (χ2v) is 6.76. The number of rotatable bonds is 4. The van der Waals surface area contributed by atoms with E-state index in [-0.39, 0.29) is 5.91 Å². The summed E-state index contributed by atoms with van der Waals surface area (Å²) in [6.45, 7) is 4.48. The van der Waals surface area contributed by atoms with Gasteiger partial charge < -0.3 is 4.90 Å². The first-order valence-corrected chi connectivity index (χ1v) is 9.55. The van der Waals surface area contributed by atoms with Crippen molar-refractivity contribution in [2.24, 2.45) is 0 Å². The minimum Gasteiger partial charge on any atom is -0.337 e. The van der Waals surface area contributed by atoms with Gasteiger partial charge in [0.2, 0.25) is 0 Å². The van der Waals surface area contributed by atoms with Crippen molar-refractivity contribution in [3.8, 4) is 0 Å². The molecule has 3 rings (SSSR count). The third-order valence-corrected chi connectivity index (χ3v) is 5.03. The first-order valence-electron chi connectivity index (χ1n) is 8.32. The summed E-state index contributed by atoms with van der Waals surface area (Å²) in [4.78, 5) is 21.6. The highest BCUT2D eigenvalue weighted by molar-refractivity contribution is 7.98. The number of carbonyl (C=O) groups is 1. The number of thioether (sulfide) groups is 1. The van der Waals surface area contributed by atoms with Gasteiger partial charge in [0.25, 0.3) is 5.91 Å². The summed E-state index contributed by atoms with van der Waals surface area (Å²) >= 11 is 1.53. The summed E-state index contributed by atoms with van der Waals surface area (Å²) in [6.07, 6.45) is 4.71. The van der Waals surface area contributed by atoms with Crippen LogP contribution in [0.15, 0.2) is 53.7 Å². The maximum Gasteiger partial charge on any atom is 0.256 e. The predicted octanol–water partition coefficient (Wildman–Crippen LogP) is 3.15. The summed E-state index contributed by atoms with van der Waals surface area (Å²) in [6, 6.07) is 14.2. The maximum absolute atomic E-state index is 12.9. The Morgan fingerprint density at radius 2 is 1.92 bits per heavy atom. The fraction of sp³-hybridized carbons (Fsp3) is 0.368. The van der Waals surface area contributed by atoms with Crippen LogP contribution in [0.25, 0.3) is 0 Å². The molecule has 2 heterocycles. The van der Waals surface area contributed by atoms with Crippen LogP contribution >= 0.6 is 11.8 Å². The van der Waals surface area contributed by atoms with Crippen LogP contribution in [0.3, 0.4) is 0 Å². The highest BCUT2D eigenvalue weighted by Crippen LogP contribution is 2.19. The molecule has 1 aliphatic heterocycles. The fourth-order valence-corrected chi connectivity index (χ4v) is 3.60. The van der Waals surface area contributed by atoms with Crippen molar-refractivity contribution >= 4 is 17.7 Å². The van der Waals surface area contributed by atoms with Crippen LogP contribution in [0.2, 0.25) is 0 Å². The lowest BCUT2D eigenvalue weighted by molar-refractivity contribution is 0.0757. The normalized spacial score (nSPS) is 16.0. The lowest BCUT2D eigenvalue weighted by atomic mass is 10.2. The number of hydrogen-bond acceptors (Lipinski definition) is 4. The molecule has 1 amide bonds. The van der Waals surface area contributed by atoms with Gasteiger partial charge in [0.15, 0.2) is 0 Å². The van der Waals surface area contributed by atoms with Gasteiger partial charge in [-0.05, 0) is 30.4 Å². The number of nitrogens with zero attached hydrogens (tertiary/aromatic N) is 3. The largest absolute Gasteiger partial charge is 0.337 e. The van der Waals surface area contributed by atoms with E-state index in [2.05, 4.69) is 34.1 Å². The summed E-state index contributed by atoms with van der Waals surface area (Å²) < 4.78 is 0. The Labute approximate surface area is 147 Å². The molecule has 126 valence electrons. The van der Waals surface area contributed by atoms with Gasteiger partial charge >= 0.3 is 0 Å². The molecule has 0 aliphatic carbocycles. The van der Waals surface area contributed by atoms with Crippen molar-refractivity contribution in [3.05, 3.63) is 59.8 Å². The van der Waals surface area contributed by atoms with E-state index in [9.17, 15) is 4.79 Å². The lowest BCUT2D eigenvalue weighted by Crippen LogP contribution is -2.35. The average Bonchev–Trinajstić information content (AvgIpc) is 2.87. The Kier molecular flexibility index (Phi) is 5.88. The summed E-state index contributed by atoms with van der Waals surface area (Å²) in [7, 11) is 0. The highest BCUT2D eigenvalue weighted by Gasteiger charge is 2.22. The monoisotopic (exact) mass is 341 g/mol. The van der Waals surface area contributed by atoms with Crippen molar-refractivity contribution in [2.75, 3.05) is 32.4 Å². The number of benzene rings is 1. The summed E-state index contributed by atoms with van der Waals surface area (Å²) in [5, 5.41) is 0.813. The Hall–Kier alpha value is -1.85. The van der Waals surface area contributed by atoms with Gasteiger partial charge in [-0.15, -0.1) is 11.8 Å². The lowest BCUT2D eigenvalue weighted by Gasteiger charge is -2.22. The van der Waals surface area contributed by atoms with Crippen molar-refractivity contribution < 1.29 is 4.79 Å². The molecule has 1 saturated heterocycles. The molecule has 24 heavy (non-hydrogen) atoms. The molecule has 1 aromatic carbocycles. The van der Waals surface area contributed by atoms with Gasteiger partial charge in [0.05, 0.1) is 5.56 Å². The molecule has 2 aromatic rings. The highest BCUT2D eigenvalue weighted by atomic mass is 32.2. The summed E-state index contributed by atoms with van der Waals surface area (Å²) in [5.74, 6) is 0.106. The number of aromatic nitrogens is 1. The van der Waals surface area contributed by atoms with Crippen LogP contribution in [0.5, 0.6) is 0 Å². The van der Waals surface area contributed by atoms with Crippen molar-refractivity contribution in [1.29, 1.82) is 0 Å². The van der Waals surface area contributed by atoms with Crippen molar-refractivity contribution in [1.82, 2.24) is 14.8 Å². The van der Waals surface area contributed by atoms with E-state index in [1.165, 1.54) is 17.3 Å². The van der Waals surface area contributed by atoms with Crippen LogP contribution in [0.1, 0.15) is 22.3 Å². The summed E-state index contributed by atoms with van der Waals surface area (Å²) in [5.41, 5.74) is 2.05. The van der Waals surface area contributed by atoms with Crippen LogP contribution in [0.4, 0.5) is 0 Å². The van der Waals surface area contributed by atoms with Gasteiger partial charge in [-0.1, -0.05) is 30.3 Å². The molecular weight excluding hydrogens is 318 g/mol. The first kappa shape index (κ1) is 17.0. The zero-order valence-corrected chi connectivity index (χ0v) is 14.8. The molecular formula is C19H23N3OS. The van der Waals surface area contributed by atoms with Crippen LogP contribution in [0, 0.1) is 0 Å². The first-order chi connectivity index (χ1) is 11.8. The predicted molar refractivity (Wildman–Crippen MR) is 98.3 cm³/mol. The minimum atomic E-state index is 0.106. The van der Waals surface area contributed by atoms with E-state index in [1.807, 2.05) is 29.4 Å². The Balaban J connectivity index is 1.64. The molecule has 0 atom stereocenters. The van der Waals surface area contributed by atoms with Crippen LogP contribution in [-0.2, 0) is 6.54 Å². The number of pyridine rings is 1. The van der Waals surface area contributed by atoms with Crippen LogP contribution < -0.4 is 0 Å². The Bertz CT molecular complexity index is 677. The molecule has 0 N–H and O–H groups in total. The average molecular weight is 341 g/mol. The van der Waals surface area contributed by atoms with Gasteiger partial charge in [0, 0.05) is 38.9 Å². The fourth-order valence-electron chi connectivity index (χ4n) is 3.06. The molecule has 0 saturated carbocycles. The smallest absolute Gasteiger partial charge is 0.256 e. The zero-order valence-electron chi connectivity index (χ0n) is 14.0. The Morgan fingerprint density at radius 1 is 1.08 bits per heavy atom. The van der Waals surface area contributed by atoms with Gasteiger partial charge in [-0.25, -0.2) is 4.98 Å². The topological polar surface area (TPSA) is 36.4 Å². The van der Waals surface area contributed by atoms with Gasteiger partial charge in [0.1, 0.15) is 5.03 Å². The zero-order chi connectivity index (χ0) is 16.8. The molecule has 1 aliphatic rings. The third-order valence-electron chi connectivity index (χ3n) is 4.32. The van der Waals surface area contributed by atoms with E-state index >= 15 is 0 Å². The number of carbonyl (C=O) groups excluding carboxylic acids is 1. The molecule has 1 aromatic heterocycles. The molecule has 0 spiro atoms. The second-order valence-electron chi connectivity index (χ2n) is 5.97. The molecule has 1 fully saturated rings. The van der Waals surface area contributed by atoms with Crippen LogP contribution in [-0.4, -0.2) is 53.1 Å². The Morgan fingerprint density at radius 3 is 2.71 bits per heavy atom. The number of hydrogen-bond donors (Lipinski definition) is 0. The standard InChI is InChI=1S/C19H23N3OS/c1-24-18-17(9-5-10-20-18)19(23)22-12-6-11-21(13-14-22)15-16-7-3-2-4-8-16/h2-5,7-10H,6,11-15H2,1H3. The molecule has 0 unspecified atom stereocenters. The molecule has 0 radical (unpaired) electrons. The van der Waals surface area contributed by atoms with E-state index in [0.29, 0.717) is 0 Å². The SMILES string of the molecule is CSc1ncccc1C(=O)N1CCCN(Cc2ccccc2)CC1. The minimum absolute atomic E-state index is 0.106. The quantitative estimate of drug-likeness (QED) is 0.801. The third kappa shape index (κ3) is 4.16. The van der Waals surface area contributed by atoms with Gasteiger partial charge in [-0.2, -0.15) is 0 Å². The van der Waals surface area contributed by atoms with E-state index in [0.717, 1.165) is 49.7 Å².